The van der Waals surface area contributed by atoms with Crippen molar-refractivity contribution in [3.8, 4) is 0 Å². The molecule has 5 heteroatoms. The highest BCUT2D eigenvalue weighted by Gasteiger charge is 2.72. The van der Waals surface area contributed by atoms with Gasteiger partial charge in [0.15, 0.2) is 11.5 Å². The first kappa shape index (κ1) is 15.4. The highest BCUT2D eigenvalue weighted by Crippen LogP contribution is 2.50. The van der Waals surface area contributed by atoms with Crippen LogP contribution in [0.3, 0.4) is 0 Å². The Bertz CT molecular complexity index is 1610. The maximum Gasteiger partial charge on any atom is 0.553 e. The molecule has 0 saturated carbocycles. The van der Waals surface area contributed by atoms with Gasteiger partial charge in [0.25, 0.3) is 0 Å². The van der Waals surface area contributed by atoms with E-state index in [1.807, 2.05) is 0 Å². The van der Waals surface area contributed by atoms with Crippen LogP contribution in [0.25, 0.3) is 24.3 Å². The van der Waals surface area contributed by atoms with Crippen LogP contribution < -0.4 is 10.7 Å². The van der Waals surface area contributed by atoms with E-state index in [2.05, 4.69) is 86.8 Å². The second-order valence-corrected chi connectivity index (χ2v) is 9.75. The van der Waals surface area contributed by atoms with E-state index in [4.69, 9.17) is 0 Å². The van der Waals surface area contributed by atoms with Gasteiger partial charge in [0, 0.05) is 48.4 Å². The molecule has 0 fully saturated rings. The van der Waals surface area contributed by atoms with Crippen LogP contribution in [0.4, 0.5) is 0 Å². The van der Waals surface area contributed by atoms with Crippen molar-refractivity contribution in [1.82, 2.24) is 9.13 Å². The average Bonchev–Trinajstić information content (AvgIpc) is 3.43. The molecule has 0 aliphatic carbocycles. The van der Waals surface area contributed by atoms with Gasteiger partial charge in [-0.15, -0.1) is 0 Å². The third-order valence-electron chi connectivity index (χ3n) is 7.55. The van der Waals surface area contributed by atoms with Gasteiger partial charge in [0.2, 0.25) is 17.1 Å². The molecule has 1 atom stereocenters. The summed E-state index contributed by atoms with van der Waals surface area (Å²) < 4.78 is 9.83. The van der Waals surface area contributed by atoms with Crippen molar-refractivity contribution in [3.63, 3.8) is 0 Å². The van der Waals surface area contributed by atoms with E-state index in [0.717, 1.165) is 23.4 Å². The monoisotopic (exact) mass is 392 g/mol. The molecule has 5 nitrogen and oxygen atoms in total. The molecule has 8 rings (SSSR count). The maximum atomic E-state index is 12.6. The zero-order chi connectivity index (χ0) is 20.2. The highest BCUT2D eigenvalue weighted by molar-refractivity contribution is 6.16. The lowest BCUT2D eigenvalue weighted by atomic mass is 9.85. The van der Waals surface area contributed by atoms with Gasteiger partial charge < -0.3 is 0 Å². The molecule has 0 unspecified atom stereocenters. The van der Waals surface area contributed by atoms with Gasteiger partial charge in [-0.1, -0.05) is 9.15 Å². The molecular weight excluding hydrogens is 372 g/mol. The van der Waals surface area contributed by atoms with Crippen molar-refractivity contribution in [2.45, 2.75) is 33.1 Å². The van der Waals surface area contributed by atoms with Crippen LogP contribution in [0.5, 0.6) is 0 Å². The summed E-state index contributed by atoms with van der Waals surface area (Å²) in [7, 11) is 0. The average molecular weight is 392 g/mol. The Hall–Kier alpha value is -3.47. The first-order valence-corrected chi connectivity index (χ1v) is 10.6. The molecule has 144 valence electrons. The summed E-state index contributed by atoms with van der Waals surface area (Å²) in [6.45, 7) is 6.34. The Balaban J connectivity index is 1.71. The Morgan fingerprint density at radius 2 is 1.80 bits per heavy atom. The van der Waals surface area contributed by atoms with Crippen LogP contribution in [0, 0.1) is 5.41 Å². The topological polar surface area (TPSA) is 32.9 Å². The zero-order valence-corrected chi connectivity index (χ0v) is 17.1. The summed E-state index contributed by atoms with van der Waals surface area (Å²) in [5.74, 6) is -0.474. The third-order valence-corrected chi connectivity index (χ3v) is 7.55. The fourth-order valence-electron chi connectivity index (χ4n) is 6.50. The summed E-state index contributed by atoms with van der Waals surface area (Å²) in [5, 5.41) is 2.41. The van der Waals surface area contributed by atoms with Crippen LogP contribution in [-0.4, -0.2) is 35.5 Å². The standard InChI is InChI=1S/C25H20N4O/c1-14(30)21-10-19-9-17-5-4-15-8-16-6-7-18-12-23-24(2,3)13-20-11-22(21)28(19)25(26(15)17,27(16)18)29(20)23/h4-12H,13H2,1-3H3/q+2/t25-/m0/s1. The predicted octanol–water partition coefficient (Wildman–Crippen LogP) is 1.81. The minimum atomic E-state index is -0.591. The van der Waals surface area contributed by atoms with E-state index in [1.54, 1.807) is 6.92 Å². The summed E-state index contributed by atoms with van der Waals surface area (Å²) in [5.41, 5.74) is 7.93. The van der Waals surface area contributed by atoms with Crippen molar-refractivity contribution < 1.29 is 13.9 Å². The first-order valence-electron chi connectivity index (χ1n) is 10.6. The third kappa shape index (κ3) is 1.32. The van der Waals surface area contributed by atoms with E-state index in [9.17, 15) is 4.79 Å². The Kier molecular flexibility index (Phi) is 2.15. The number of rotatable bonds is 1. The molecule has 6 aliphatic rings. The van der Waals surface area contributed by atoms with Crippen molar-refractivity contribution >= 4 is 41.5 Å². The molecule has 0 N–H and O–H groups in total. The molecule has 30 heavy (non-hydrogen) atoms. The van der Waals surface area contributed by atoms with Gasteiger partial charge in [0.1, 0.15) is 0 Å². The van der Waals surface area contributed by atoms with E-state index in [0.29, 0.717) is 0 Å². The molecule has 0 saturated heterocycles. The van der Waals surface area contributed by atoms with Crippen LogP contribution in [0.2, 0.25) is 0 Å². The van der Waals surface area contributed by atoms with Gasteiger partial charge in [-0.25, -0.2) is 0 Å². The second-order valence-electron chi connectivity index (χ2n) is 9.75. The van der Waals surface area contributed by atoms with Crippen LogP contribution in [-0.2, 0) is 5.91 Å². The number of aromatic nitrogens is 2. The molecule has 0 radical (unpaired) electrons. The maximum absolute atomic E-state index is 12.6. The van der Waals surface area contributed by atoms with E-state index in [-0.39, 0.29) is 11.2 Å². The minimum absolute atomic E-state index is 0.0205. The number of allylic oxidation sites excluding steroid dienone is 3. The number of ketones is 1. The molecule has 0 aromatic carbocycles. The van der Waals surface area contributed by atoms with Gasteiger partial charge in [-0.3, -0.25) is 4.79 Å². The van der Waals surface area contributed by atoms with E-state index < -0.39 is 5.91 Å². The van der Waals surface area contributed by atoms with Crippen molar-refractivity contribution in [1.29, 1.82) is 0 Å². The zero-order valence-electron chi connectivity index (χ0n) is 17.1. The van der Waals surface area contributed by atoms with Crippen LogP contribution in [0.1, 0.15) is 48.9 Å². The number of hydrogen-bond donors (Lipinski definition) is 0. The molecule has 6 aliphatic heterocycles. The lowest BCUT2D eigenvalue weighted by Gasteiger charge is -2.37. The number of carbonyl (C=O) groups is 1. The summed E-state index contributed by atoms with van der Waals surface area (Å²) in [6, 6.07) is 6.53. The van der Waals surface area contributed by atoms with Crippen molar-refractivity contribution in [2.24, 2.45) is 5.41 Å². The predicted molar refractivity (Wildman–Crippen MR) is 114 cm³/mol. The van der Waals surface area contributed by atoms with Crippen molar-refractivity contribution in [2.75, 3.05) is 0 Å². The fraction of sp³-hybridized carbons (Fsp3) is 0.240. The number of nitrogens with zero attached hydrogens (tertiary/aromatic N) is 4. The van der Waals surface area contributed by atoms with Gasteiger partial charge in [-0.2, -0.15) is 9.13 Å². The number of carbonyl (C=O) groups excluding carboxylic acids is 1. The number of Topliss-reactive ketones (excluding diaryl/α,β-unsaturated/α-hetero) is 1. The summed E-state index contributed by atoms with van der Waals surface area (Å²) >= 11 is 0. The lowest BCUT2D eigenvalue weighted by Crippen LogP contribution is -2.69. The summed E-state index contributed by atoms with van der Waals surface area (Å²) in [4.78, 5) is 12.6. The van der Waals surface area contributed by atoms with Crippen LogP contribution >= 0.6 is 0 Å². The van der Waals surface area contributed by atoms with Gasteiger partial charge in [0.05, 0.1) is 27.5 Å². The Morgan fingerprint density at radius 1 is 1.00 bits per heavy atom. The highest BCUT2D eigenvalue weighted by atomic mass is 16.1. The second kappa shape index (κ2) is 4.19. The smallest absolute Gasteiger partial charge is 0.294 e. The Labute approximate surface area is 172 Å². The van der Waals surface area contributed by atoms with Gasteiger partial charge >= 0.3 is 5.91 Å². The normalized spacial score (nSPS) is 26.8. The van der Waals surface area contributed by atoms with Crippen LogP contribution in [0.15, 0.2) is 41.7 Å². The molecule has 8 heterocycles. The fourth-order valence-corrected chi connectivity index (χ4v) is 6.50. The Morgan fingerprint density at radius 3 is 2.60 bits per heavy atom. The lowest BCUT2D eigenvalue weighted by molar-refractivity contribution is -0.835. The molecule has 0 bridgehead atoms. The van der Waals surface area contributed by atoms with E-state index >= 15 is 0 Å². The quantitative estimate of drug-likeness (QED) is 0.538. The molecule has 1 spiro atoms. The molecule has 2 aromatic rings. The van der Waals surface area contributed by atoms with Gasteiger partial charge in [-0.05, 0) is 39.0 Å². The largest absolute Gasteiger partial charge is 0.553 e. The first-order chi connectivity index (χ1) is 14.4. The van der Waals surface area contributed by atoms with E-state index in [1.165, 1.54) is 33.5 Å². The molecule has 2 aromatic heterocycles. The summed E-state index contributed by atoms with van der Waals surface area (Å²) in [6.07, 6.45) is 14.5. The minimum Gasteiger partial charge on any atom is -0.294 e. The molecular formula is C25H20N4O+2. The van der Waals surface area contributed by atoms with Crippen molar-refractivity contribution in [3.05, 3.63) is 69.4 Å². The molecule has 0 amide bonds. The SMILES string of the molecule is CC(=O)c1cc2n3c1C=C1CC(C)(C)C4=[N+]1[C@@]31n3c(ccc3=C4)=CC3=[N+]1C(=C2)C=C3. The number of hydrogen-bond acceptors (Lipinski definition) is 1.